The van der Waals surface area contributed by atoms with Gasteiger partial charge in [0.2, 0.25) is 6.79 Å². The lowest BCUT2D eigenvalue weighted by Crippen LogP contribution is -2.49. The van der Waals surface area contributed by atoms with Crippen molar-refractivity contribution in [2.75, 3.05) is 46.1 Å². The summed E-state index contributed by atoms with van der Waals surface area (Å²) in [5, 5.41) is 3.37. The van der Waals surface area contributed by atoms with Crippen LogP contribution in [0, 0.1) is 0 Å². The first-order chi connectivity index (χ1) is 11.2. The minimum Gasteiger partial charge on any atom is -0.454 e. The summed E-state index contributed by atoms with van der Waals surface area (Å²) in [7, 11) is 0. The van der Waals surface area contributed by atoms with Crippen molar-refractivity contribution in [1.29, 1.82) is 0 Å². The molecular weight excluding hydrogens is 398 g/mol. The van der Waals surface area contributed by atoms with Gasteiger partial charge < -0.3 is 19.7 Å². The summed E-state index contributed by atoms with van der Waals surface area (Å²) >= 11 is 3.46. The summed E-state index contributed by atoms with van der Waals surface area (Å²) in [6.45, 7) is 6.06. The first-order valence-corrected chi connectivity index (χ1v) is 8.85. The molecule has 0 radical (unpaired) electrons. The van der Waals surface area contributed by atoms with Crippen molar-refractivity contribution < 1.29 is 14.3 Å². The minimum atomic E-state index is 0. The molecule has 132 valence electrons. The van der Waals surface area contributed by atoms with E-state index < -0.39 is 0 Å². The minimum absolute atomic E-state index is 0. The zero-order valence-electron chi connectivity index (χ0n) is 13.3. The zero-order chi connectivity index (χ0) is 15.8. The summed E-state index contributed by atoms with van der Waals surface area (Å²) in [6, 6.07) is 4.10. The topological polar surface area (TPSA) is 54.0 Å². The van der Waals surface area contributed by atoms with Crippen LogP contribution in [0.1, 0.15) is 16.8 Å². The van der Waals surface area contributed by atoms with Gasteiger partial charge in [0.05, 0.1) is 4.47 Å². The van der Waals surface area contributed by atoms with E-state index in [1.807, 2.05) is 11.0 Å². The van der Waals surface area contributed by atoms with Crippen molar-refractivity contribution in [2.45, 2.75) is 12.5 Å². The van der Waals surface area contributed by atoms with Crippen LogP contribution in [0.4, 0.5) is 0 Å². The monoisotopic (exact) mass is 417 g/mol. The van der Waals surface area contributed by atoms with Gasteiger partial charge >= 0.3 is 0 Å². The molecule has 24 heavy (non-hydrogen) atoms. The van der Waals surface area contributed by atoms with E-state index in [0.29, 0.717) is 23.1 Å². The first kappa shape index (κ1) is 17.8. The van der Waals surface area contributed by atoms with Gasteiger partial charge in [0.25, 0.3) is 5.91 Å². The lowest BCUT2D eigenvalue weighted by atomic mass is 10.1. The van der Waals surface area contributed by atoms with Crippen molar-refractivity contribution in [3.63, 3.8) is 0 Å². The van der Waals surface area contributed by atoms with E-state index in [-0.39, 0.29) is 25.1 Å². The summed E-state index contributed by atoms with van der Waals surface area (Å²) in [4.78, 5) is 17.3. The van der Waals surface area contributed by atoms with Crippen molar-refractivity contribution in [3.05, 3.63) is 22.2 Å². The van der Waals surface area contributed by atoms with Crippen LogP contribution in [-0.4, -0.2) is 67.8 Å². The van der Waals surface area contributed by atoms with Crippen LogP contribution >= 0.6 is 28.3 Å². The van der Waals surface area contributed by atoms with Gasteiger partial charge in [-0.2, -0.15) is 0 Å². The zero-order valence-corrected chi connectivity index (χ0v) is 15.7. The Morgan fingerprint density at radius 2 is 2.00 bits per heavy atom. The van der Waals surface area contributed by atoms with Gasteiger partial charge in [-0.3, -0.25) is 9.69 Å². The van der Waals surface area contributed by atoms with E-state index in [1.165, 1.54) is 0 Å². The highest BCUT2D eigenvalue weighted by molar-refractivity contribution is 9.10. The number of amides is 1. The fourth-order valence-electron chi connectivity index (χ4n) is 3.55. The quantitative estimate of drug-likeness (QED) is 0.793. The number of carbonyl (C=O) groups is 1. The molecule has 2 fully saturated rings. The number of likely N-dealkylation sites (tertiary alicyclic amines) is 1. The summed E-state index contributed by atoms with van der Waals surface area (Å²) in [5.74, 6) is 1.39. The molecule has 1 amide bonds. The van der Waals surface area contributed by atoms with Crippen LogP contribution in [0.5, 0.6) is 11.5 Å². The number of piperazine rings is 1. The van der Waals surface area contributed by atoms with Gasteiger partial charge in [0.15, 0.2) is 11.5 Å². The largest absolute Gasteiger partial charge is 0.454 e. The van der Waals surface area contributed by atoms with Gasteiger partial charge in [-0.1, -0.05) is 0 Å². The molecule has 1 unspecified atom stereocenters. The molecule has 0 spiro atoms. The third-order valence-electron chi connectivity index (χ3n) is 4.79. The smallest absolute Gasteiger partial charge is 0.254 e. The number of hydrogen-bond donors (Lipinski definition) is 1. The number of carbonyl (C=O) groups excluding carboxylic acids is 1. The first-order valence-electron chi connectivity index (χ1n) is 8.05. The Kier molecular flexibility index (Phi) is 5.54. The molecule has 1 aromatic carbocycles. The van der Waals surface area contributed by atoms with Gasteiger partial charge in [0.1, 0.15) is 0 Å². The molecule has 0 bridgehead atoms. The molecule has 3 aliphatic rings. The van der Waals surface area contributed by atoms with Gasteiger partial charge in [-0.25, -0.2) is 0 Å². The molecule has 3 heterocycles. The lowest BCUT2D eigenvalue weighted by molar-refractivity contribution is 0.0773. The molecule has 1 aromatic rings. The van der Waals surface area contributed by atoms with Crippen LogP contribution in [0.25, 0.3) is 0 Å². The molecule has 0 aromatic heterocycles. The standard InChI is InChI=1S/C16H20BrN3O3.ClH/c17-13-7-11(8-14-15(13)23-10-22-14)16(21)20-4-1-12(9-20)19-5-2-18-3-6-19;/h7-8,12,18H,1-6,9-10H2;1H. The average molecular weight is 419 g/mol. The molecule has 6 nitrogen and oxygen atoms in total. The van der Waals surface area contributed by atoms with Crippen molar-refractivity contribution in [3.8, 4) is 11.5 Å². The Morgan fingerprint density at radius 1 is 1.21 bits per heavy atom. The second-order valence-electron chi connectivity index (χ2n) is 6.17. The predicted molar refractivity (Wildman–Crippen MR) is 96.3 cm³/mol. The average Bonchev–Trinajstić information content (AvgIpc) is 3.24. The number of halogens is 2. The molecule has 1 N–H and O–H groups in total. The number of hydrogen-bond acceptors (Lipinski definition) is 5. The fourth-order valence-corrected chi connectivity index (χ4v) is 4.10. The Morgan fingerprint density at radius 3 is 2.79 bits per heavy atom. The molecule has 2 saturated heterocycles. The molecule has 0 saturated carbocycles. The summed E-state index contributed by atoms with van der Waals surface area (Å²) in [5.41, 5.74) is 0.655. The van der Waals surface area contributed by atoms with Crippen LogP contribution in [0.3, 0.4) is 0 Å². The van der Waals surface area contributed by atoms with Crippen LogP contribution in [-0.2, 0) is 0 Å². The Bertz CT molecular complexity index is 625. The summed E-state index contributed by atoms with van der Waals surface area (Å²) < 4.78 is 11.6. The van der Waals surface area contributed by atoms with Crippen molar-refractivity contribution >= 4 is 34.2 Å². The predicted octanol–water partition coefficient (Wildman–Crippen LogP) is 1.72. The van der Waals surface area contributed by atoms with Crippen LogP contribution in [0.15, 0.2) is 16.6 Å². The van der Waals surface area contributed by atoms with E-state index in [2.05, 4.69) is 26.1 Å². The molecular formula is C16H21BrClN3O3. The molecule has 1 atom stereocenters. The molecule has 8 heteroatoms. The number of nitrogens with one attached hydrogen (secondary N) is 1. The number of nitrogens with zero attached hydrogens (tertiary/aromatic N) is 2. The third-order valence-corrected chi connectivity index (χ3v) is 5.38. The van der Waals surface area contributed by atoms with Crippen LogP contribution in [0.2, 0.25) is 0 Å². The number of fused-ring (bicyclic) bond motifs is 1. The van der Waals surface area contributed by atoms with Gasteiger partial charge in [0, 0.05) is 50.9 Å². The summed E-state index contributed by atoms with van der Waals surface area (Å²) in [6.07, 6.45) is 1.05. The maximum atomic E-state index is 12.8. The molecule has 4 rings (SSSR count). The number of rotatable bonds is 2. The van der Waals surface area contributed by atoms with E-state index in [4.69, 9.17) is 9.47 Å². The Hall–Kier alpha value is -1.02. The second-order valence-corrected chi connectivity index (χ2v) is 7.03. The second kappa shape index (κ2) is 7.47. The van der Waals surface area contributed by atoms with Crippen molar-refractivity contribution in [1.82, 2.24) is 15.1 Å². The van der Waals surface area contributed by atoms with Crippen molar-refractivity contribution in [2.24, 2.45) is 0 Å². The lowest BCUT2D eigenvalue weighted by Gasteiger charge is -2.32. The van der Waals surface area contributed by atoms with E-state index in [0.717, 1.165) is 50.2 Å². The van der Waals surface area contributed by atoms with Gasteiger partial charge in [-0.05, 0) is 34.5 Å². The number of ether oxygens (including phenoxy) is 2. The Labute approximate surface area is 156 Å². The molecule has 0 aliphatic carbocycles. The maximum absolute atomic E-state index is 12.8. The SMILES string of the molecule is Cl.O=C(c1cc(Br)c2c(c1)OCO2)N1CCC(N2CCNCC2)C1. The van der Waals surface area contributed by atoms with Crippen LogP contribution < -0.4 is 14.8 Å². The Balaban J connectivity index is 0.00000169. The highest BCUT2D eigenvalue weighted by Crippen LogP contribution is 2.40. The highest BCUT2D eigenvalue weighted by atomic mass is 79.9. The fraction of sp³-hybridized carbons (Fsp3) is 0.562. The number of benzene rings is 1. The normalized spacial score (nSPS) is 23.2. The maximum Gasteiger partial charge on any atom is 0.254 e. The van der Waals surface area contributed by atoms with Gasteiger partial charge in [-0.15, -0.1) is 12.4 Å². The third kappa shape index (κ3) is 3.35. The molecule has 3 aliphatic heterocycles. The highest BCUT2D eigenvalue weighted by Gasteiger charge is 2.32. The van der Waals surface area contributed by atoms with E-state index >= 15 is 0 Å². The van der Waals surface area contributed by atoms with E-state index in [1.54, 1.807) is 6.07 Å². The van der Waals surface area contributed by atoms with E-state index in [9.17, 15) is 4.79 Å².